The number of alkyl carbamates (subject to hydrolysis) is 2. The Hall–Kier alpha value is -5.85. The first-order valence-corrected chi connectivity index (χ1v) is 19.3. The van der Waals surface area contributed by atoms with Crippen LogP contribution in [0.1, 0.15) is 88.8 Å². The summed E-state index contributed by atoms with van der Waals surface area (Å²) in [5, 5.41) is 17.7. The van der Waals surface area contributed by atoms with Gasteiger partial charge in [-0.05, 0) is 88.8 Å². The number of nitrogens with one attached hydrogen (secondary N) is 4. The lowest BCUT2D eigenvalue weighted by atomic mass is 10.1. The van der Waals surface area contributed by atoms with Gasteiger partial charge in [0, 0.05) is 19.6 Å². The first-order valence-electron chi connectivity index (χ1n) is 19.3. The highest BCUT2D eigenvalue weighted by atomic mass is 19.4. The monoisotopic (exact) mass is 885 g/mol. The van der Waals surface area contributed by atoms with E-state index in [9.17, 15) is 50.3 Å². The first-order chi connectivity index (χ1) is 28.4. The molecule has 344 valence electrons. The molecule has 2 atom stereocenters. The van der Waals surface area contributed by atoms with E-state index in [1.807, 2.05) is 10.6 Å². The maximum Gasteiger partial charge on any atom is 0.408 e. The van der Waals surface area contributed by atoms with Crippen LogP contribution >= 0.6 is 0 Å². The fourth-order valence-electron chi connectivity index (χ4n) is 4.61. The van der Waals surface area contributed by atoms with E-state index in [1.165, 1.54) is 0 Å². The molecular weight excluding hydrogens is 828 g/mol. The molecule has 13 nitrogen and oxygen atoms in total. The van der Waals surface area contributed by atoms with Gasteiger partial charge in [-0.2, -0.15) is 26.3 Å². The fraction of sp³-hybridized carbons (Fsp3) is 0.465. The molecule has 7 N–H and O–H groups in total. The summed E-state index contributed by atoms with van der Waals surface area (Å²) in [5.41, 5.74) is 8.83. The van der Waals surface area contributed by atoms with E-state index in [-0.39, 0.29) is 25.8 Å². The van der Waals surface area contributed by atoms with Crippen molar-refractivity contribution < 1.29 is 64.9 Å². The highest BCUT2D eigenvalue weighted by Crippen LogP contribution is 2.21. The molecule has 0 unspecified atom stereocenters. The molecular formula is C43H57F6N5O8. The topological polar surface area (TPSA) is 198 Å². The average Bonchev–Trinajstić information content (AvgIpc) is 3.12. The molecule has 0 bridgehead atoms. The van der Waals surface area contributed by atoms with Crippen molar-refractivity contribution in [2.75, 3.05) is 0 Å². The van der Waals surface area contributed by atoms with Gasteiger partial charge in [-0.3, -0.25) is 14.4 Å². The third-order valence-electron chi connectivity index (χ3n) is 7.80. The molecule has 0 fully saturated rings. The minimum atomic E-state index is -4.47. The molecule has 19 heteroatoms. The van der Waals surface area contributed by atoms with E-state index < -0.39 is 65.6 Å². The lowest BCUT2D eigenvalue weighted by Gasteiger charge is -2.19. The summed E-state index contributed by atoms with van der Waals surface area (Å²) in [6.45, 7) is 13.4. The molecule has 4 amide bonds. The maximum absolute atomic E-state index is 12.4. The number of alkyl halides is 6. The number of carbonyl (C=O) groups excluding carboxylic acids is 4. The van der Waals surface area contributed by atoms with E-state index in [4.69, 9.17) is 20.3 Å². The van der Waals surface area contributed by atoms with Crippen molar-refractivity contribution >= 4 is 30.0 Å². The van der Waals surface area contributed by atoms with Crippen molar-refractivity contribution in [1.29, 1.82) is 0 Å². The minimum absolute atomic E-state index is 0.000224. The van der Waals surface area contributed by atoms with E-state index in [0.29, 0.717) is 24.2 Å². The zero-order chi connectivity index (χ0) is 47.5. The quantitative estimate of drug-likeness (QED) is 0.0947. The Morgan fingerprint density at radius 3 is 1.06 bits per heavy atom. The lowest BCUT2D eigenvalue weighted by molar-refractivity contribution is -0.157. The van der Waals surface area contributed by atoms with Gasteiger partial charge in [-0.25, -0.2) is 9.59 Å². The fourth-order valence-corrected chi connectivity index (χ4v) is 4.61. The van der Waals surface area contributed by atoms with Crippen LogP contribution in [0.5, 0.6) is 0 Å². The number of hydrogen-bond acceptors (Lipinski definition) is 8. The third-order valence-corrected chi connectivity index (χ3v) is 7.80. The van der Waals surface area contributed by atoms with Crippen LogP contribution in [0.15, 0.2) is 72.8 Å². The smallest absolute Gasteiger partial charge is 0.408 e. The number of amides is 4. The second-order valence-electron chi connectivity index (χ2n) is 16.0. The van der Waals surface area contributed by atoms with Gasteiger partial charge in [-0.1, -0.05) is 72.8 Å². The van der Waals surface area contributed by atoms with Gasteiger partial charge in [0.05, 0.1) is 19.3 Å². The number of nitrogens with two attached hydrogens (primary N) is 1. The van der Waals surface area contributed by atoms with Gasteiger partial charge in [0.2, 0.25) is 11.8 Å². The number of carbonyl (C=O) groups is 5. The number of aliphatic carboxylic acids is 1. The first kappa shape index (κ1) is 54.2. The van der Waals surface area contributed by atoms with E-state index in [2.05, 4.69) is 10.6 Å². The molecule has 0 aliphatic carbocycles. The molecule has 62 heavy (non-hydrogen) atoms. The Morgan fingerprint density at radius 2 is 0.806 bits per heavy atom. The predicted molar refractivity (Wildman–Crippen MR) is 219 cm³/mol. The number of halogens is 6. The molecule has 0 heterocycles. The van der Waals surface area contributed by atoms with Crippen molar-refractivity contribution in [3.63, 3.8) is 0 Å². The summed E-state index contributed by atoms with van der Waals surface area (Å²) in [4.78, 5) is 56.5. The molecule has 3 rings (SSSR count). The van der Waals surface area contributed by atoms with Crippen molar-refractivity contribution in [2.24, 2.45) is 5.73 Å². The van der Waals surface area contributed by atoms with Crippen molar-refractivity contribution in [3.8, 4) is 0 Å². The molecule has 0 aliphatic rings. The number of hydrogen-bond donors (Lipinski definition) is 6. The van der Waals surface area contributed by atoms with Crippen LogP contribution in [-0.2, 0) is 62.8 Å². The van der Waals surface area contributed by atoms with Crippen molar-refractivity contribution in [3.05, 3.63) is 106 Å². The van der Waals surface area contributed by atoms with Gasteiger partial charge in [0.15, 0.2) is 0 Å². The molecule has 0 radical (unpaired) electrons. The van der Waals surface area contributed by atoms with Gasteiger partial charge in [-0.15, -0.1) is 0 Å². The zero-order valence-electron chi connectivity index (χ0n) is 36.0. The molecule has 0 saturated heterocycles. The standard InChI is InChI=1S/C17H23F3N2O3.C14H19NO4.C12H15F3N2O/c1-11(17(18,19)20)22-14(23)9-12-5-7-13(8-6-12)10-21-15(24)25-16(2,3)4;1-14(2,3)19-13(18)15-9-11-6-4-10(5-7-11)8-12(16)17;1-8(12(13,14)15)17-11(18)6-9-2-4-10(7-16)5-3-9/h5-8,11H,9-10H2,1-4H3,(H,21,24)(H,22,23);4-7H,8-9H2,1-3H3,(H,15,18)(H,16,17);2-5,8H,6-7,16H2,1H3,(H,17,18)/t11-;;8-/m1.1/s1. The Balaban J connectivity index is 0.000000473. The van der Waals surface area contributed by atoms with Crippen LogP contribution in [-0.4, -0.2) is 70.7 Å². The van der Waals surface area contributed by atoms with E-state index in [1.54, 1.807) is 114 Å². The average molecular weight is 886 g/mol. The zero-order valence-corrected chi connectivity index (χ0v) is 36.0. The summed E-state index contributed by atoms with van der Waals surface area (Å²) in [5.74, 6) is -2.22. The van der Waals surface area contributed by atoms with Crippen LogP contribution in [0.2, 0.25) is 0 Å². The van der Waals surface area contributed by atoms with Crippen molar-refractivity contribution in [1.82, 2.24) is 21.3 Å². The Kier molecular flexibility index (Phi) is 21.5. The second kappa shape index (κ2) is 24.6. The predicted octanol–water partition coefficient (Wildman–Crippen LogP) is 7.41. The van der Waals surface area contributed by atoms with Gasteiger partial charge >= 0.3 is 30.5 Å². The SMILES string of the molecule is CC(C)(C)OC(=O)NCc1ccc(CC(=O)O)cc1.C[C@@H](NC(=O)Cc1ccc(CN)cc1)C(F)(F)F.C[C@@H](NC(=O)Cc1ccc(CNC(=O)OC(C)(C)C)cc1)C(F)(F)F. The highest BCUT2D eigenvalue weighted by Gasteiger charge is 2.37. The number of carboxylic acid groups (broad SMARTS) is 1. The van der Waals surface area contributed by atoms with Gasteiger partial charge < -0.3 is 41.6 Å². The second-order valence-corrected chi connectivity index (χ2v) is 16.0. The number of rotatable bonds is 13. The molecule has 0 aromatic heterocycles. The Bertz CT molecular complexity index is 1880. The van der Waals surface area contributed by atoms with Crippen molar-refractivity contribution in [2.45, 2.75) is 130 Å². The van der Waals surface area contributed by atoms with Crippen LogP contribution in [0.25, 0.3) is 0 Å². The molecule has 3 aromatic carbocycles. The summed E-state index contributed by atoms with van der Waals surface area (Å²) in [6, 6.07) is 16.8. The highest BCUT2D eigenvalue weighted by molar-refractivity contribution is 5.79. The lowest BCUT2D eigenvalue weighted by Crippen LogP contribution is -2.43. The third kappa shape index (κ3) is 25.0. The van der Waals surface area contributed by atoms with Crippen LogP contribution in [0, 0.1) is 0 Å². The maximum atomic E-state index is 12.4. The molecule has 0 saturated carbocycles. The van der Waals surface area contributed by atoms with Gasteiger partial charge in [0.25, 0.3) is 0 Å². The number of ether oxygens (including phenoxy) is 2. The van der Waals surface area contributed by atoms with Crippen LogP contribution < -0.4 is 27.0 Å². The van der Waals surface area contributed by atoms with E-state index >= 15 is 0 Å². The van der Waals surface area contributed by atoms with E-state index in [0.717, 1.165) is 36.1 Å². The largest absolute Gasteiger partial charge is 0.481 e. The summed E-state index contributed by atoms with van der Waals surface area (Å²) < 4.78 is 84.1. The Morgan fingerprint density at radius 1 is 0.532 bits per heavy atom. The molecule has 0 aliphatic heterocycles. The normalized spacial score (nSPS) is 12.4. The Labute approximate surface area is 357 Å². The molecule has 0 spiro atoms. The summed E-state index contributed by atoms with van der Waals surface area (Å²) >= 11 is 0. The molecule has 3 aromatic rings. The number of carboxylic acids is 1. The van der Waals surface area contributed by atoms with Crippen LogP contribution in [0.4, 0.5) is 35.9 Å². The van der Waals surface area contributed by atoms with Crippen LogP contribution in [0.3, 0.4) is 0 Å². The number of benzene rings is 3. The summed E-state index contributed by atoms with van der Waals surface area (Å²) in [7, 11) is 0. The summed E-state index contributed by atoms with van der Waals surface area (Å²) in [6.07, 6.45) is -10.1. The van der Waals surface area contributed by atoms with Gasteiger partial charge in [0.1, 0.15) is 23.3 Å². The minimum Gasteiger partial charge on any atom is -0.481 e.